The van der Waals surface area contributed by atoms with Crippen LogP contribution in [0.25, 0.3) is 0 Å². The topological polar surface area (TPSA) is 427 Å². The maximum Gasteiger partial charge on any atom is 0.326 e. The largest absolute Gasteiger partial charge is 0.480 e. The fourth-order valence-corrected chi connectivity index (χ4v) is 7.87. The minimum absolute atomic E-state index is 0.0402. The van der Waals surface area contributed by atoms with Gasteiger partial charge in [-0.05, 0) is 101 Å². The lowest BCUT2D eigenvalue weighted by molar-refractivity contribution is -0.384. The Morgan fingerprint density at radius 3 is 1.45 bits per heavy atom. The van der Waals surface area contributed by atoms with Crippen LogP contribution in [0.5, 0.6) is 0 Å². The minimum Gasteiger partial charge on any atom is -0.480 e. The third kappa shape index (κ3) is 24.9. The summed E-state index contributed by atoms with van der Waals surface area (Å²) in [5.74, 6) is -7.04. The van der Waals surface area contributed by atoms with E-state index in [0.717, 1.165) is 0 Å². The van der Waals surface area contributed by atoms with Gasteiger partial charge in [-0.15, -0.1) is 0 Å². The van der Waals surface area contributed by atoms with Crippen LogP contribution in [0.2, 0.25) is 0 Å². The Balaban J connectivity index is 2.54. The summed E-state index contributed by atoms with van der Waals surface area (Å²) in [6, 6.07) is 3.77. The van der Waals surface area contributed by atoms with E-state index in [1.165, 1.54) is 31.2 Å². The van der Waals surface area contributed by atoms with Crippen molar-refractivity contribution in [2.75, 3.05) is 19.6 Å². The van der Waals surface area contributed by atoms with Gasteiger partial charge in [0.2, 0.25) is 41.4 Å². The van der Waals surface area contributed by atoms with Crippen molar-refractivity contribution in [1.82, 2.24) is 37.2 Å². The number of nitrogens with one attached hydrogen (secondary N) is 7. The molecule has 76 heavy (non-hydrogen) atoms. The standard InChI is InChI=1S/C51H82N14O11/c1-30(2)26-39(61-44(67)36(54)16-9-11-23-52)47(70)58-32(5)43(66)59-37(17-10-12-24-53)45(68)62-40(28-33-14-7-6-8-15-33)49(72)63-41(29-34-19-21-35(22-20-34)65(75)76)48(71)60-38(18-13-25-57-51(55)56)46(69)64-42(50(73)74)27-31(3)4/h6-8,14-15,19-22,30-32,36-42H,9-13,16-18,23-29,52-54H2,1-5H3,(H,58,70)(H,59,66)(H,60,71)(H,61,67)(H,62,68)(H,63,72)(H,64,69)(H,73,74)(H4,55,56,57)/t32-,36-,37-,38-,39-,40-,41-,42-/m0/s1. The number of nitro benzene ring substituents is 1. The molecule has 18 N–H and O–H groups in total. The second-order valence-electron chi connectivity index (χ2n) is 19.6. The fourth-order valence-electron chi connectivity index (χ4n) is 7.87. The van der Waals surface area contributed by atoms with Crippen LogP contribution in [-0.2, 0) is 51.2 Å². The van der Waals surface area contributed by atoms with E-state index in [2.05, 4.69) is 42.2 Å². The van der Waals surface area contributed by atoms with Crippen LogP contribution in [0.15, 0.2) is 59.6 Å². The van der Waals surface area contributed by atoms with Gasteiger partial charge in [-0.3, -0.25) is 48.7 Å². The third-order valence-corrected chi connectivity index (χ3v) is 12.0. The summed E-state index contributed by atoms with van der Waals surface area (Å²) < 4.78 is 0. The normalized spacial score (nSPS) is 14.3. The summed E-state index contributed by atoms with van der Waals surface area (Å²) >= 11 is 0. The van der Waals surface area contributed by atoms with Gasteiger partial charge < -0.3 is 71.0 Å². The summed E-state index contributed by atoms with van der Waals surface area (Å²) in [5.41, 5.74) is 29.1. The number of aliphatic carboxylic acids is 1. The van der Waals surface area contributed by atoms with Crippen LogP contribution < -0.4 is 65.9 Å². The number of nitro groups is 1. The van der Waals surface area contributed by atoms with E-state index < -0.39 is 101 Å². The van der Waals surface area contributed by atoms with Crippen molar-refractivity contribution < 1.29 is 48.4 Å². The molecule has 0 aromatic heterocycles. The number of aliphatic imine (C=N–C) groups is 1. The maximum absolute atomic E-state index is 14.6. The molecule has 0 spiro atoms. The molecule has 25 heteroatoms. The number of unbranched alkanes of at least 4 members (excludes halogenated alkanes) is 2. The number of rotatable bonds is 36. The summed E-state index contributed by atoms with van der Waals surface area (Å²) in [7, 11) is 0. The number of carboxylic acid groups (broad SMARTS) is 1. The Morgan fingerprint density at radius 2 is 0.961 bits per heavy atom. The number of hydrogen-bond acceptors (Lipinski definition) is 14. The fraction of sp³-hybridized carbons (Fsp3) is 0.588. The molecule has 422 valence electrons. The lowest BCUT2D eigenvalue weighted by Crippen LogP contribution is -2.60. The first-order valence-corrected chi connectivity index (χ1v) is 25.8. The number of carbonyl (C=O) groups excluding carboxylic acids is 7. The average Bonchev–Trinajstić information content (AvgIpc) is 3.35. The first-order valence-electron chi connectivity index (χ1n) is 25.8. The first kappa shape index (κ1) is 64.9. The van der Waals surface area contributed by atoms with Crippen molar-refractivity contribution in [3.63, 3.8) is 0 Å². The van der Waals surface area contributed by atoms with Gasteiger partial charge in [0.15, 0.2) is 5.96 Å². The number of nitrogens with zero attached hydrogens (tertiary/aromatic N) is 2. The molecule has 0 bridgehead atoms. The smallest absolute Gasteiger partial charge is 0.326 e. The highest BCUT2D eigenvalue weighted by Crippen LogP contribution is 2.16. The molecule has 8 atom stereocenters. The molecule has 0 fully saturated rings. The highest BCUT2D eigenvalue weighted by atomic mass is 16.6. The number of hydrogen-bond donors (Lipinski definition) is 13. The number of guanidine groups is 1. The molecule has 2 aromatic carbocycles. The zero-order chi connectivity index (χ0) is 56.9. The van der Waals surface area contributed by atoms with Crippen molar-refractivity contribution in [3.8, 4) is 0 Å². The van der Waals surface area contributed by atoms with Gasteiger partial charge >= 0.3 is 5.97 Å². The van der Waals surface area contributed by atoms with Crippen LogP contribution in [-0.4, -0.2) is 131 Å². The van der Waals surface area contributed by atoms with E-state index in [-0.39, 0.29) is 81.5 Å². The van der Waals surface area contributed by atoms with Crippen LogP contribution in [0, 0.1) is 22.0 Å². The zero-order valence-electron chi connectivity index (χ0n) is 44.4. The average molecular weight is 1070 g/mol. The van der Waals surface area contributed by atoms with Gasteiger partial charge in [-0.1, -0.05) is 76.6 Å². The van der Waals surface area contributed by atoms with Gasteiger partial charge in [0.1, 0.15) is 42.3 Å². The summed E-state index contributed by atoms with van der Waals surface area (Å²) in [4.78, 5) is 125. The first-order chi connectivity index (χ1) is 35.9. The van der Waals surface area contributed by atoms with Gasteiger partial charge in [0, 0.05) is 31.5 Å². The minimum atomic E-state index is -1.51. The zero-order valence-corrected chi connectivity index (χ0v) is 44.4. The van der Waals surface area contributed by atoms with E-state index in [1.54, 1.807) is 44.2 Å². The molecule has 0 radical (unpaired) electrons. The SMILES string of the molecule is CC(C)C[C@H](NC(=O)[C@H](CCCN=C(N)N)NC(=O)[C@H](Cc1ccc([N+](=O)[O-])cc1)NC(=O)[C@H](Cc1ccccc1)NC(=O)[C@H](CCCCN)NC(=O)[C@H](C)NC(=O)[C@H](CC(C)C)NC(=O)[C@@H](N)CCCCN)C(=O)O. The van der Waals surface area contributed by atoms with E-state index in [1.807, 2.05) is 13.8 Å². The number of carboxylic acids is 1. The number of benzene rings is 2. The predicted molar refractivity (Wildman–Crippen MR) is 286 cm³/mol. The monoisotopic (exact) mass is 1070 g/mol. The second kappa shape index (κ2) is 34.3. The third-order valence-electron chi connectivity index (χ3n) is 12.0. The van der Waals surface area contributed by atoms with Crippen molar-refractivity contribution in [2.24, 2.45) is 45.5 Å². The molecular weight excluding hydrogens is 985 g/mol. The van der Waals surface area contributed by atoms with E-state index in [0.29, 0.717) is 49.8 Å². The number of carbonyl (C=O) groups is 8. The molecule has 0 heterocycles. The Kier molecular flexibility index (Phi) is 29.3. The lowest BCUT2D eigenvalue weighted by Gasteiger charge is -2.28. The molecule has 0 unspecified atom stereocenters. The van der Waals surface area contributed by atoms with Crippen molar-refractivity contribution >= 4 is 59.0 Å². The molecule has 0 saturated heterocycles. The quantitative estimate of drug-likeness (QED) is 0.0136. The Hall–Kier alpha value is -7.25. The molecule has 0 aliphatic rings. The van der Waals surface area contributed by atoms with Gasteiger partial charge in [0.25, 0.3) is 5.69 Å². The Labute approximate surface area is 444 Å². The second-order valence-corrected chi connectivity index (χ2v) is 19.6. The molecule has 25 nitrogen and oxygen atoms in total. The highest BCUT2D eigenvalue weighted by Gasteiger charge is 2.34. The van der Waals surface area contributed by atoms with Crippen LogP contribution in [0.4, 0.5) is 5.69 Å². The van der Waals surface area contributed by atoms with E-state index in [9.17, 15) is 53.6 Å². The number of amides is 7. The number of non-ortho nitro benzene ring substituents is 1. The predicted octanol–water partition coefficient (Wildman–Crippen LogP) is -0.391. The molecule has 7 amide bonds. The summed E-state index contributed by atoms with van der Waals surface area (Å²) in [6.07, 6.45) is 2.51. The van der Waals surface area contributed by atoms with Crippen LogP contribution >= 0.6 is 0 Å². The van der Waals surface area contributed by atoms with E-state index >= 15 is 0 Å². The van der Waals surface area contributed by atoms with Crippen LogP contribution in [0.3, 0.4) is 0 Å². The molecule has 0 aliphatic heterocycles. The molecular formula is C51H82N14O11. The number of nitrogens with two attached hydrogens (primary N) is 5. The van der Waals surface area contributed by atoms with Gasteiger partial charge in [0.05, 0.1) is 11.0 Å². The highest BCUT2D eigenvalue weighted by molar-refractivity contribution is 5.97. The Bertz CT molecular complexity index is 2230. The maximum atomic E-state index is 14.6. The molecule has 2 aromatic rings. The van der Waals surface area contributed by atoms with Crippen molar-refractivity contribution in [2.45, 2.75) is 160 Å². The van der Waals surface area contributed by atoms with E-state index in [4.69, 9.17) is 28.7 Å². The molecule has 2 rings (SSSR count). The van der Waals surface area contributed by atoms with Crippen molar-refractivity contribution in [3.05, 3.63) is 75.8 Å². The van der Waals surface area contributed by atoms with Gasteiger partial charge in [-0.25, -0.2) is 4.79 Å². The van der Waals surface area contributed by atoms with Crippen molar-refractivity contribution in [1.29, 1.82) is 0 Å². The van der Waals surface area contributed by atoms with Gasteiger partial charge in [-0.2, -0.15) is 0 Å². The summed E-state index contributed by atoms with van der Waals surface area (Å²) in [6.45, 7) is 9.43. The lowest BCUT2D eigenvalue weighted by atomic mass is 10.0. The molecule has 0 aliphatic carbocycles. The molecule has 0 saturated carbocycles. The summed E-state index contributed by atoms with van der Waals surface area (Å²) in [5, 5.41) is 40.0. The van der Waals surface area contributed by atoms with Crippen LogP contribution in [0.1, 0.15) is 110 Å². The Morgan fingerprint density at radius 1 is 0.539 bits per heavy atom.